The highest BCUT2D eigenvalue weighted by molar-refractivity contribution is 6.11. The Morgan fingerprint density at radius 1 is 1.06 bits per heavy atom. The number of carbonyl (C=O) groups excluding carboxylic acids is 2. The van der Waals surface area contributed by atoms with Gasteiger partial charge in [0.1, 0.15) is 5.69 Å². The van der Waals surface area contributed by atoms with E-state index in [0.29, 0.717) is 43.5 Å². The Bertz CT molecular complexity index is 1290. The number of morpholine rings is 1. The molecule has 0 unspecified atom stereocenters. The largest absolute Gasteiger partial charge is 0.378 e. The molecule has 0 radical (unpaired) electrons. The quantitative estimate of drug-likeness (QED) is 0.529. The van der Waals surface area contributed by atoms with Crippen molar-refractivity contribution in [1.82, 2.24) is 29.3 Å². The van der Waals surface area contributed by atoms with Crippen LogP contribution in [0.5, 0.6) is 0 Å². The van der Waals surface area contributed by atoms with E-state index in [2.05, 4.69) is 20.5 Å². The molecule has 0 saturated carbocycles. The molecule has 0 atom stereocenters. The molecule has 0 bridgehead atoms. The first-order valence-electron chi connectivity index (χ1n) is 10.2. The minimum atomic E-state index is -0.427. The van der Waals surface area contributed by atoms with Crippen LogP contribution in [0.3, 0.4) is 0 Å². The zero-order valence-electron chi connectivity index (χ0n) is 17.4. The molecule has 1 fully saturated rings. The third-order valence-electron chi connectivity index (χ3n) is 5.30. The van der Waals surface area contributed by atoms with Gasteiger partial charge in [-0.3, -0.25) is 14.3 Å². The van der Waals surface area contributed by atoms with E-state index in [1.54, 1.807) is 34.8 Å². The van der Waals surface area contributed by atoms with Crippen LogP contribution in [0.4, 0.5) is 5.69 Å². The number of fused-ring (bicyclic) bond motifs is 1. The molecule has 1 aromatic carbocycles. The van der Waals surface area contributed by atoms with Gasteiger partial charge in [0.05, 0.1) is 36.9 Å². The molecular formula is C22H21N7O3. The molecule has 1 saturated heterocycles. The fraction of sp³-hybridized carbons (Fsp3) is 0.227. The maximum absolute atomic E-state index is 13.1. The molecule has 32 heavy (non-hydrogen) atoms. The van der Waals surface area contributed by atoms with Crippen molar-refractivity contribution in [2.24, 2.45) is 7.05 Å². The number of nitrogens with one attached hydrogen (secondary N) is 1. The molecule has 4 aromatic rings. The molecule has 0 aliphatic carbocycles. The summed E-state index contributed by atoms with van der Waals surface area (Å²) in [6.45, 7) is 1.94. The van der Waals surface area contributed by atoms with Gasteiger partial charge in [-0.05, 0) is 12.1 Å². The maximum Gasteiger partial charge on any atom is 0.274 e. The van der Waals surface area contributed by atoms with Crippen molar-refractivity contribution in [1.29, 1.82) is 0 Å². The lowest BCUT2D eigenvalue weighted by atomic mass is 10.2. The van der Waals surface area contributed by atoms with Crippen molar-refractivity contribution in [3.8, 4) is 11.4 Å². The van der Waals surface area contributed by atoms with Crippen LogP contribution in [0.25, 0.3) is 17.0 Å². The first-order valence-corrected chi connectivity index (χ1v) is 10.2. The second-order valence-electron chi connectivity index (χ2n) is 7.41. The Labute approximate surface area is 183 Å². The third-order valence-corrected chi connectivity index (χ3v) is 5.30. The summed E-state index contributed by atoms with van der Waals surface area (Å²) in [5.41, 5.74) is 2.55. The number of anilines is 1. The molecular weight excluding hydrogens is 410 g/mol. The average Bonchev–Trinajstić information content (AvgIpc) is 3.43. The lowest BCUT2D eigenvalue weighted by molar-refractivity contribution is 0.0302. The van der Waals surface area contributed by atoms with Crippen molar-refractivity contribution in [2.75, 3.05) is 31.6 Å². The van der Waals surface area contributed by atoms with E-state index >= 15 is 0 Å². The van der Waals surface area contributed by atoms with Gasteiger partial charge < -0.3 is 15.0 Å². The fourth-order valence-corrected chi connectivity index (χ4v) is 3.66. The van der Waals surface area contributed by atoms with Crippen molar-refractivity contribution in [3.63, 3.8) is 0 Å². The van der Waals surface area contributed by atoms with Gasteiger partial charge in [0.25, 0.3) is 11.8 Å². The number of carbonyl (C=O) groups is 2. The Balaban J connectivity index is 1.39. The zero-order valence-corrected chi connectivity index (χ0v) is 17.4. The van der Waals surface area contributed by atoms with E-state index in [0.717, 1.165) is 5.56 Å². The smallest absolute Gasteiger partial charge is 0.274 e. The van der Waals surface area contributed by atoms with E-state index in [9.17, 15) is 9.59 Å². The molecule has 10 heteroatoms. The van der Waals surface area contributed by atoms with Crippen molar-refractivity contribution < 1.29 is 14.3 Å². The lowest BCUT2D eigenvalue weighted by Crippen LogP contribution is -2.41. The summed E-state index contributed by atoms with van der Waals surface area (Å²) in [5.74, 6) is -0.0609. The normalized spacial score (nSPS) is 14.0. The first-order chi connectivity index (χ1) is 15.6. The molecule has 5 rings (SSSR count). The second-order valence-corrected chi connectivity index (χ2v) is 7.41. The van der Waals surface area contributed by atoms with Crippen LogP contribution in [0.2, 0.25) is 0 Å². The van der Waals surface area contributed by atoms with Crippen LogP contribution in [0.1, 0.15) is 20.8 Å². The number of hydrogen-bond donors (Lipinski definition) is 1. The molecule has 4 heterocycles. The molecule has 0 spiro atoms. The number of amides is 2. The van der Waals surface area contributed by atoms with Crippen molar-refractivity contribution >= 4 is 23.1 Å². The average molecular weight is 431 g/mol. The number of aryl methyl sites for hydroxylation is 1. The molecule has 1 aliphatic heterocycles. The van der Waals surface area contributed by atoms with Crippen LogP contribution in [-0.2, 0) is 11.8 Å². The number of nitrogens with zero attached hydrogens (tertiary/aromatic N) is 6. The number of pyridine rings is 1. The fourth-order valence-electron chi connectivity index (χ4n) is 3.66. The predicted octanol–water partition coefficient (Wildman–Crippen LogP) is 1.85. The highest BCUT2D eigenvalue weighted by Crippen LogP contribution is 2.19. The topological polar surface area (TPSA) is 107 Å². The number of rotatable bonds is 4. The number of aromatic nitrogens is 5. The van der Waals surface area contributed by atoms with Gasteiger partial charge in [-0.2, -0.15) is 5.10 Å². The third kappa shape index (κ3) is 3.71. The predicted molar refractivity (Wildman–Crippen MR) is 116 cm³/mol. The molecule has 3 aromatic heterocycles. The summed E-state index contributed by atoms with van der Waals surface area (Å²) in [6, 6.07) is 13.2. The van der Waals surface area contributed by atoms with E-state index < -0.39 is 5.91 Å². The van der Waals surface area contributed by atoms with E-state index in [-0.39, 0.29) is 17.2 Å². The summed E-state index contributed by atoms with van der Waals surface area (Å²) in [5, 5.41) is 11.5. The van der Waals surface area contributed by atoms with Crippen LogP contribution in [0, 0.1) is 0 Å². The molecule has 2 amide bonds. The zero-order chi connectivity index (χ0) is 22.1. The molecule has 162 valence electrons. The minimum Gasteiger partial charge on any atom is -0.378 e. The second kappa shape index (κ2) is 8.23. The Hall–Kier alpha value is -4.05. The monoisotopic (exact) mass is 431 g/mol. The Kier molecular flexibility index (Phi) is 5.12. The summed E-state index contributed by atoms with van der Waals surface area (Å²) in [7, 11) is 1.64. The highest BCUT2D eigenvalue weighted by Gasteiger charge is 2.27. The minimum absolute atomic E-state index is 0.199. The van der Waals surface area contributed by atoms with Crippen LogP contribution < -0.4 is 5.32 Å². The summed E-state index contributed by atoms with van der Waals surface area (Å²) in [6.07, 6.45) is 3.12. The summed E-state index contributed by atoms with van der Waals surface area (Å²) < 4.78 is 8.32. The van der Waals surface area contributed by atoms with Gasteiger partial charge in [0, 0.05) is 25.7 Å². The molecule has 1 aliphatic rings. The molecule has 10 nitrogen and oxygen atoms in total. The summed E-state index contributed by atoms with van der Waals surface area (Å²) in [4.78, 5) is 32.2. The SMILES string of the molecule is Cn1ncc(C(=O)N2CCOCC2)c1C(=O)Nc1ccc2nc(-c3ccccc3)nn2c1. The number of benzene rings is 1. The van der Waals surface area contributed by atoms with Gasteiger partial charge in [-0.1, -0.05) is 30.3 Å². The Morgan fingerprint density at radius 2 is 1.84 bits per heavy atom. The van der Waals surface area contributed by atoms with Gasteiger partial charge in [0.2, 0.25) is 0 Å². The van der Waals surface area contributed by atoms with E-state index in [1.165, 1.54) is 10.9 Å². The first kappa shape index (κ1) is 19.9. The Morgan fingerprint density at radius 3 is 2.62 bits per heavy atom. The van der Waals surface area contributed by atoms with E-state index in [4.69, 9.17) is 4.74 Å². The van der Waals surface area contributed by atoms with Gasteiger partial charge >= 0.3 is 0 Å². The van der Waals surface area contributed by atoms with Crippen LogP contribution in [0.15, 0.2) is 54.9 Å². The summed E-state index contributed by atoms with van der Waals surface area (Å²) >= 11 is 0. The van der Waals surface area contributed by atoms with Crippen LogP contribution >= 0.6 is 0 Å². The lowest BCUT2D eigenvalue weighted by Gasteiger charge is -2.26. The highest BCUT2D eigenvalue weighted by atomic mass is 16.5. The van der Waals surface area contributed by atoms with Gasteiger partial charge in [0.15, 0.2) is 11.5 Å². The number of hydrogen-bond acceptors (Lipinski definition) is 6. The van der Waals surface area contributed by atoms with Crippen molar-refractivity contribution in [3.05, 3.63) is 66.1 Å². The molecule has 1 N–H and O–H groups in total. The van der Waals surface area contributed by atoms with Gasteiger partial charge in [-0.15, -0.1) is 5.10 Å². The van der Waals surface area contributed by atoms with Gasteiger partial charge in [-0.25, -0.2) is 9.50 Å². The maximum atomic E-state index is 13.1. The number of ether oxygens (including phenoxy) is 1. The van der Waals surface area contributed by atoms with Crippen LogP contribution in [-0.4, -0.2) is 67.4 Å². The van der Waals surface area contributed by atoms with E-state index in [1.807, 2.05) is 30.3 Å². The van der Waals surface area contributed by atoms with Crippen molar-refractivity contribution in [2.45, 2.75) is 0 Å². The standard InChI is InChI=1S/C22H21N7O3/c1-27-19(17(13-23-27)22(31)28-9-11-32-12-10-28)21(30)24-16-7-8-18-25-20(26-29(18)14-16)15-5-3-2-4-6-15/h2-8,13-14H,9-12H2,1H3,(H,24,30).